The van der Waals surface area contributed by atoms with Crippen LogP contribution in [0.4, 0.5) is 4.39 Å². The van der Waals surface area contributed by atoms with Crippen molar-refractivity contribution >= 4 is 15.9 Å². The molecule has 2 unspecified atom stereocenters. The molecule has 3 rings (SSSR count). The molecule has 1 saturated carbocycles. The van der Waals surface area contributed by atoms with Crippen molar-refractivity contribution in [2.75, 3.05) is 0 Å². The number of rotatable bonds is 2. The molecule has 1 aromatic carbocycles. The van der Waals surface area contributed by atoms with Gasteiger partial charge in [-0.2, -0.15) is 4.98 Å². The van der Waals surface area contributed by atoms with E-state index in [1.165, 1.54) is 6.07 Å². The van der Waals surface area contributed by atoms with E-state index in [0.717, 1.165) is 25.7 Å². The van der Waals surface area contributed by atoms with Crippen LogP contribution in [0.5, 0.6) is 0 Å². The van der Waals surface area contributed by atoms with Crippen LogP contribution in [0.3, 0.4) is 0 Å². The molecule has 1 aromatic heterocycles. The minimum absolute atomic E-state index is 0.0890. The van der Waals surface area contributed by atoms with Gasteiger partial charge in [-0.05, 0) is 47.0 Å². The molecule has 1 aliphatic rings. The van der Waals surface area contributed by atoms with Crippen LogP contribution in [0.15, 0.2) is 27.2 Å². The molecule has 1 fully saturated rings. The first kappa shape index (κ1) is 13.7. The van der Waals surface area contributed by atoms with Crippen molar-refractivity contribution in [1.29, 1.82) is 0 Å². The van der Waals surface area contributed by atoms with Gasteiger partial charge in [-0.3, -0.25) is 0 Å². The third-order valence-corrected chi connectivity index (χ3v) is 4.27. The smallest absolute Gasteiger partial charge is 0.232 e. The molecule has 106 valence electrons. The van der Waals surface area contributed by atoms with Gasteiger partial charge < -0.3 is 9.63 Å². The Bertz CT molecular complexity index is 617. The molecule has 6 heteroatoms. The molecule has 0 saturated heterocycles. The molecule has 0 aliphatic heterocycles. The van der Waals surface area contributed by atoms with E-state index in [-0.39, 0.29) is 11.7 Å². The molecule has 0 radical (unpaired) electrons. The molecule has 0 spiro atoms. The maximum Gasteiger partial charge on any atom is 0.232 e. The van der Waals surface area contributed by atoms with Crippen LogP contribution in [-0.4, -0.2) is 21.4 Å². The molecular formula is C14H14BrFN2O2. The highest BCUT2D eigenvalue weighted by molar-refractivity contribution is 9.10. The van der Waals surface area contributed by atoms with Crippen molar-refractivity contribution in [2.24, 2.45) is 0 Å². The summed E-state index contributed by atoms with van der Waals surface area (Å²) in [4.78, 5) is 4.34. The number of hydrogen-bond donors (Lipinski definition) is 1. The van der Waals surface area contributed by atoms with Crippen LogP contribution < -0.4 is 0 Å². The zero-order valence-corrected chi connectivity index (χ0v) is 12.3. The van der Waals surface area contributed by atoms with Gasteiger partial charge in [0.25, 0.3) is 0 Å². The summed E-state index contributed by atoms with van der Waals surface area (Å²) in [7, 11) is 0. The van der Waals surface area contributed by atoms with Crippen molar-refractivity contribution in [3.63, 3.8) is 0 Å². The van der Waals surface area contributed by atoms with Crippen molar-refractivity contribution in [1.82, 2.24) is 10.1 Å². The Labute approximate surface area is 124 Å². The summed E-state index contributed by atoms with van der Waals surface area (Å²) in [5.41, 5.74) is 0.679. The molecule has 2 aromatic rings. The summed E-state index contributed by atoms with van der Waals surface area (Å²) >= 11 is 3.14. The zero-order valence-electron chi connectivity index (χ0n) is 10.7. The maximum atomic E-state index is 13.2. The maximum absolute atomic E-state index is 13.2. The van der Waals surface area contributed by atoms with Crippen molar-refractivity contribution in [3.05, 3.63) is 34.4 Å². The van der Waals surface area contributed by atoms with Crippen LogP contribution in [-0.2, 0) is 0 Å². The normalized spacial score (nSPS) is 22.9. The van der Waals surface area contributed by atoms with Gasteiger partial charge in [0.2, 0.25) is 11.7 Å². The first-order valence-electron chi connectivity index (χ1n) is 6.62. The monoisotopic (exact) mass is 340 g/mol. The molecule has 1 heterocycles. The lowest BCUT2D eigenvalue weighted by Gasteiger charge is -2.24. The average molecular weight is 341 g/mol. The molecule has 20 heavy (non-hydrogen) atoms. The summed E-state index contributed by atoms with van der Waals surface area (Å²) in [6, 6.07) is 4.57. The second-order valence-corrected chi connectivity index (χ2v) is 5.90. The first-order valence-corrected chi connectivity index (χ1v) is 7.41. The van der Waals surface area contributed by atoms with Gasteiger partial charge in [-0.1, -0.05) is 18.0 Å². The Morgan fingerprint density at radius 3 is 2.85 bits per heavy atom. The minimum atomic E-state index is -0.419. The predicted octanol–water partition coefficient (Wildman–Crippen LogP) is 3.66. The number of benzene rings is 1. The van der Waals surface area contributed by atoms with Crippen molar-refractivity contribution < 1.29 is 14.0 Å². The van der Waals surface area contributed by atoms with E-state index < -0.39 is 6.10 Å². The largest absolute Gasteiger partial charge is 0.392 e. The average Bonchev–Trinajstić information content (AvgIpc) is 2.92. The fourth-order valence-electron chi connectivity index (χ4n) is 2.54. The van der Waals surface area contributed by atoms with Crippen molar-refractivity contribution in [2.45, 2.75) is 37.7 Å². The Balaban J connectivity index is 1.87. The van der Waals surface area contributed by atoms with Gasteiger partial charge in [0.15, 0.2) is 0 Å². The zero-order chi connectivity index (χ0) is 14.1. The fourth-order valence-corrected chi connectivity index (χ4v) is 2.92. The molecule has 1 N–H and O–H groups in total. The number of nitrogens with zero attached hydrogens (tertiary/aromatic N) is 2. The predicted molar refractivity (Wildman–Crippen MR) is 74.6 cm³/mol. The molecule has 2 atom stereocenters. The third kappa shape index (κ3) is 2.62. The lowest BCUT2D eigenvalue weighted by molar-refractivity contribution is 0.0908. The van der Waals surface area contributed by atoms with E-state index in [1.54, 1.807) is 12.1 Å². The second kappa shape index (κ2) is 5.61. The Morgan fingerprint density at radius 1 is 1.30 bits per heavy atom. The van der Waals surface area contributed by atoms with Crippen LogP contribution in [0.2, 0.25) is 0 Å². The summed E-state index contributed by atoms with van der Waals surface area (Å²) < 4.78 is 18.8. The fraction of sp³-hybridized carbons (Fsp3) is 0.429. The summed E-state index contributed by atoms with van der Waals surface area (Å²) in [6.07, 6.45) is 3.29. The first-order chi connectivity index (χ1) is 9.65. The van der Waals surface area contributed by atoms with Crippen LogP contribution >= 0.6 is 15.9 Å². The lowest BCUT2D eigenvalue weighted by atomic mass is 9.86. The second-order valence-electron chi connectivity index (χ2n) is 5.04. The molecule has 0 amide bonds. The van der Waals surface area contributed by atoms with Gasteiger partial charge in [0, 0.05) is 5.56 Å². The Morgan fingerprint density at radius 2 is 2.10 bits per heavy atom. The van der Waals surface area contributed by atoms with Crippen LogP contribution in [0.25, 0.3) is 11.4 Å². The van der Waals surface area contributed by atoms with Gasteiger partial charge in [-0.15, -0.1) is 0 Å². The van der Waals surface area contributed by atoms with E-state index in [1.807, 2.05) is 0 Å². The summed E-state index contributed by atoms with van der Waals surface area (Å²) in [5.74, 6) is 0.459. The number of aliphatic hydroxyl groups excluding tert-OH is 1. The van der Waals surface area contributed by atoms with Gasteiger partial charge >= 0.3 is 0 Å². The topological polar surface area (TPSA) is 59.2 Å². The van der Waals surface area contributed by atoms with E-state index >= 15 is 0 Å². The highest BCUT2D eigenvalue weighted by Gasteiger charge is 2.29. The summed E-state index contributed by atoms with van der Waals surface area (Å²) in [5, 5.41) is 13.9. The highest BCUT2D eigenvalue weighted by Crippen LogP contribution is 2.33. The summed E-state index contributed by atoms with van der Waals surface area (Å²) in [6.45, 7) is 0. The number of aromatic nitrogens is 2. The van der Waals surface area contributed by atoms with Gasteiger partial charge in [-0.25, -0.2) is 4.39 Å². The van der Waals surface area contributed by atoms with Crippen molar-refractivity contribution in [3.8, 4) is 11.4 Å². The molecule has 0 bridgehead atoms. The number of hydrogen-bond acceptors (Lipinski definition) is 4. The molecule has 1 aliphatic carbocycles. The minimum Gasteiger partial charge on any atom is -0.392 e. The van der Waals surface area contributed by atoms with Crippen LogP contribution in [0, 0.1) is 5.82 Å². The van der Waals surface area contributed by atoms with E-state index in [9.17, 15) is 9.50 Å². The number of halogens is 2. The van der Waals surface area contributed by atoms with Gasteiger partial charge in [0.1, 0.15) is 5.82 Å². The Hall–Kier alpha value is -1.27. The SMILES string of the molecule is OC1CCCCC1c1nc(-c2ccc(F)c(Br)c2)no1. The highest BCUT2D eigenvalue weighted by atomic mass is 79.9. The van der Waals surface area contributed by atoms with Gasteiger partial charge in [0.05, 0.1) is 16.5 Å². The Kier molecular flexibility index (Phi) is 3.85. The number of aliphatic hydroxyl groups is 1. The lowest BCUT2D eigenvalue weighted by Crippen LogP contribution is -2.22. The molecule has 4 nitrogen and oxygen atoms in total. The standard InChI is InChI=1S/C14H14BrFN2O2/c15-10-7-8(5-6-11(10)16)13-17-14(20-18-13)9-3-1-2-4-12(9)19/h5-7,9,12,19H,1-4H2. The quantitative estimate of drug-likeness (QED) is 0.906. The van der Waals surface area contributed by atoms with E-state index in [2.05, 4.69) is 26.1 Å². The van der Waals surface area contributed by atoms with E-state index in [4.69, 9.17) is 4.52 Å². The van der Waals surface area contributed by atoms with E-state index in [0.29, 0.717) is 21.8 Å². The third-order valence-electron chi connectivity index (χ3n) is 3.67. The van der Waals surface area contributed by atoms with Crippen LogP contribution in [0.1, 0.15) is 37.5 Å². The molecular weight excluding hydrogens is 327 g/mol.